The summed E-state index contributed by atoms with van der Waals surface area (Å²) in [5, 5.41) is 11.2. The Bertz CT molecular complexity index is 842. The standard InChI is InChI=1S/C15H13N5O3S/c21-13(12-9-16-14(24-12)15-22-6-7-23-15)18-10-2-1-3-11(8-10)20-5-4-17-19-20/h1-5,8-9,15H,6-7H2,(H,18,21). The van der Waals surface area contributed by atoms with Crippen molar-refractivity contribution in [2.24, 2.45) is 0 Å². The maximum Gasteiger partial charge on any atom is 0.267 e. The number of nitrogens with zero attached hydrogens (tertiary/aromatic N) is 4. The Morgan fingerprint density at radius 1 is 1.33 bits per heavy atom. The molecule has 1 aliphatic heterocycles. The first-order chi connectivity index (χ1) is 11.8. The van der Waals surface area contributed by atoms with E-state index in [1.807, 2.05) is 24.3 Å². The number of aromatic nitrogens is 4. The normalized spacial score (nSPS) is 14.8. The van der Waals surface area contributed by atoms with Gasteiger partial charge in [-0.3, -0.25) is 4.79 Å². The summed E-state index contributed by atoms with van der Waals surface area (Å²) in [4.78, 5) is 17.1. The van der Waals surface area contributed by atoms with Gasteiger partial charge in [-0.1, -0.05) is 11.3 Å². The van der Waals surface area contributed by atoms with E-state index < -0.39 is 6.29 Å². The van der Waals surface area contributed by atoms with Crippen molar-refractivity contribution in [1.29, 1.82) is 0 Å². The molecule has 0 bridgehead atoms. The van der Waals surface area contributed by atoms with Crippen LogP contribution in [0.4, 0.5) is 5.69 Å². The van der Waals surface area contributed by atoms with Gasteiger partial charge >= 0.3 is 0 Å². The lowest BCUT2D eigenvalue weighted by atomic mass is 10.2. The second kappa shape index (κ2) is 6.48. The molecule has 122 valence electrons. The quantitative estimate of drug-likeness (QED) is 0.779. The molecule has 2 aromatic heterocycles. The number of carbonyl (C=O) groups is 1. The van der Waals surface area contributed by atoms with Gasteiger partial charge in [0.1, 0.15) is 9.88 Å². The van der Waals surface area contributed by atoms with Crippen molar-refractivity contribution in [3.8, 4) is 5.69 Å². The Morgan fingerprint density at radius 2 is 2.21 bits per heavy atom. The Hall–Kier alpha value is -2.62. The van der Waals surface area contributed by atoms with E-state index in [0.29, 0.717) is 28.8 Å². The van der Waals surface area contributed by atoms with Crippen LogP contribution in [-0.4, -0.2) is 39.1 Å². The summed E-state index contributed by atoms with van der Waals surface area (Å²) < 4.78 is 12.4. The van der Waals surface area contributed by atoms with Gasteiger partial charge in [0.05, 0.1) is 37.5 Å². The third kappa shape index (κ3) is 3.04. The Balaban J connectivity index is 1.49. The lowest BCUT2D eigenvalue weighted by Crippen LogP contribution is -2.10. The summed E-state index contributed by atoms with van der Waals surface area (Å²) in [6.07, 6.45) is 4.39. The second-order valence-electron chi connectivity index (χ2n) is 4.99. The maximum absolute atomic E-state index is 12.4. The SMILES string of the molecule is O=C(Nc1cccc(-n2ccnn2)c1)c1cnc(C2OCCO2)s1. The van der Waals surface area contributed by atoms with Gasteiger partial charge in [0.25, 0.3) is 5.91 Å². The van der Waals surface area contributed by atoms with E-state index in [2.05, 4.69) is 20.6 Å². The number of carbonyl (C=O) groups excluding carboxylic acids is 1. The molecule has 1 aromatic carbocycles. The maximum atomic E-state index is 12.4. The number of benzene rings is 1. The number of ether oxygens (including phenoxy) is 2. The fourth-order valence-electron chi connectivity index (χ4n) is 2.27. The molecule has 1 aliphatic rings. The zero-order valence-electron chi connectivity index (χ0n) is 12.5. The molecule has 1 fully saturated rings. The fraction of sp³-hybridized carbons (Fsp3) is 0.200. The first kappa shape index (κ1) is 14.9. The van der Waals surface area contributed by atoms with Crippen LogP contribution in [-0.2, 0) is 9.47 Å². The van der Waals surface area contributed by atoms with Crippen LogP contribution in [0.25, 0.3) is 5.69 Å². The third-order valence-corrected chi connectivity index (χ3v) is 4.38. The van der Waals surface area contributed by atoms with Crippen molar-refractivity contribution in [1.82, 2.24) is 20.0 Å². The van der Waals surface area contributed by atoms with Gasteiger partial charge in [-0.25, -0.2) is 9.67 Å². The Kier molecular flexibility index (Phi) is 4.03. The average molecular weight is 343 g/mol. The Morgan fingerprint density at radius 3 is 3.00 bits per heavy atom. The van der Waals surface area contributed by atoms with E-state index in [4.69, 9.17) is 9.47 Å². The molecule has 4 rings (SSSR count). The molecule has 1 N–H and O–H groups in total. The first-order valence-electron chi connectivity index (χ1n) is 7.26. The molecular formula is C15H13N5O3S. The molecule has 8 nitrogen and oxygen atoms in total. The fourth-order valence-corrected chi connectivity index (χ4v) is 3.08. The van der Waals surface area contributed by atoms with Crippen molar-refractivity contribution in [3.63, 3.8) is 0 Å². The highest BCUT2D eigenvalue weighted by atomic mass is 32.1. The molecule has 0 radical (unpaired) electrons. The third-order valence-electron chi connectivity index (χ3n) is 3.36. The van der Waals surface area contributed by atoms with Crippen LogP contribution < -0.4 is 5.32 Å². The van der Waals surface area contributed by atoms with Crippen LogP contribution in [0.15, 0.2) is 42.9 Å². The van der Waals surface area contributed by atoms with Crippen LogP contribution >= 0.6 is 11.3 Å². The number of anilines is 1. The minimum absolute atomic E-state index is 0.229. The van der Waals surface area contributed by atoms with Crippen molar-refractivity contribution < 1.29 is 14.3 Å². The zero-order valence-corrected chi connectivity index (χ0v) is 13.3. The molecule has 1 saturated heterocycles. The highest BCUT2D eigenvalue weighted by Crippen LogP contribution is 2.27. The van der Waals surface area contributed by atoms with E-state index in [-0.39, 0.29) is 5.91 Å². The van der Waals surface area contributed by atoms with Crippen LogP contribution in [0, 0.1) is 0 Å². The number of nitrogens with one attached hydrogen (secondary N) is 1. The van der Waals surface area contributed by atoms with Crippen LogP contribution in [0.5, 0.6) is 0 Å². The molecule has 0 aliphatic carbocycles. The zero-order chi connectivity index (χ0) is 16.4. The first-order valence-corrected chi connectivity index (χ1v) is 8.08. The second-order valence-corrected chi connectivity index (χ2v) is 6.05. The molecule has 0 spiro atoms. The molecule has 0 atom stereocenters. The molecule has 9 heteroatoms. The topological polar surface area (TPSA) is 91.2 Å². The van der Waals surface area contributed by atoms with Crippen molar-refractivity contribution in [3.05, 3.63) is 52.7 Å². The monoisotopic (exact) mass is 343 g/mol. The Labute approximate surface area is 141 Å². The molecule has 3 aromatic rings. The summed E-state index contributed by atoms with van der Waals surface area (Å²) in [5.74, 6) is -0.229. The molecule has 3 heterocycles. The minimum atomic E-state index is -0.466. The number of hydrogen-bond acceptors (Lipinski definition) is 7. The van der Waals surface area contributed by atoms with Crippen molar-refractivity contribution in [2.45, 2.75) is 6.29 Å². The largest absolute Gasteiger partial charge is 0.344 e. The molecular weight excluding hydrogens is 330 g/mol. The van der Waals surface area contributed by atoms with Gasteiger partial charge in [0.15, 0.2) is 0 Å². The molecule has 0 saturated carbocycles. The molecule has 24 heavy (non-hydrogen) atoms. The predicted molar refractivity (Wildman–Crippen MR) is 86.1 cm³/mol. The molecule has 1 amide bonds. The van der Waals surface area contributed by atoms with E-state index in [1.165, 1.54) is 17.5 Å². The van der Waals surface area contributed by atoms with Gasteiger partial charge in [0, 0.05) is 5.69 Å². The average Bonchev–Trinajstić information content (AvgIpc) is 3.36. The number of hydrogen-bond donors (Lipinski definition) is 1. The lowest BCUT2D eigenvalue weighted by Gasteiger charge is -2.06. The van der Waals surface area contributed by atoms with Gasteiger partial charge in [-0.15, -0.1) is 16.4 Å². The van der Waals surface area contributed by atoms with E-state index in [9.17, 15) is 4.79 Å². The predicted octanol–water partition coefficient (Wildman–Crippen LogP) is 2.02. The summed E-state index contributed by atoms with van der Waals surface area (Å²) in [5.41, 5.74) is 1.47. The van der Waals surface area contributed by atoms with E-state index in [1.54, 1.807) is 17.1 Å². The molecule has 0 unspecified atom stereocenters. The van der Waals surface area contributed by atoms with Crippen molar-refractivity contribution >= 4 is 22.9 Å². The minimum Gasteiger partial charge on any atom is -0.344 e. The van der Waals surface area contributed by atoms with Crippen molar-refractivity contribution in [2.75, 3.05) is 18.5 Å². The van der Waals surface area contributed by atoms with Crippen LogP contribution in [0.3, 0.4) is 0 Å². The summed E-state index contributed by atoms with van der Waals surface area (Å²) in [6, 6.07) is 7.34. The van der Waals surface area contributed by atoms with Gasteiger partial charge in [-0.05, 0) is 18.2 Å². The number of thiazole rings is 1. The smallest absolute Gasteiger partial charge is 0.267 e. The highest BCUT2D eigenvalue weighted by Gasteiger charge is 2.23. The lowest BCUT2D eigenvalue weighted by molar-refractivity contribution is -0.0442. The van der Waals surface area contributed by atoms with E-state index in [0.717, 1.165) is 5.69 Å². The summed E-state index contributed by atoms with van der Waals surface area (Å²) in [6.45, 7) is 1.09. The van der Waals surface area contributed by atoms with Crippen LogP contribution in [0.1, 0.15) is 21.0 Å². The van der Waals surface area contributed by atoms with Gasteiger partial charge in [0.2, 0.25) is 6.29 Å². The van der Waals surface area contributed by atoms with Crippen LogP contribution in [0.2, 0.25) is 0 Å². The van der Waals surface area contributed by atoms with Gasteiger partial charge < -0.3 is 14.8 Å². The number of amides is 1. The summed E-state index contributed by atoms with van der Waals surface area (Å²) >= 11 is 1.26. The summed E-state index contributed by atoms with van der Waals surface area (Å²) in [7, 11) is 0. The number of rotatable bonds is 4. The van der Waals surface area contributed by atoms with Gasteiger partial charge in [-0.2, -0.15) is 0 Å². The van der Waals surface area contributed by atoms with E-state index >= 15 is 0 Å². The highest BCUT2D eigenvalue weighted by molar-refractivity contribution is 7.13.